The van der Waals surface area contributed by atoms with Gasteiger partial charge in [-0.25, -0.2) is 8.42 Å². The van der Waals surface area contributed by atoms with Crippen LogP contribution in [0, 0.1) is 0 Å². The summed E-state index contributed by atoms with van der Waals surface area (Å²) in [5, 5.41) is 2.88. The molecule has 0 bridgehead atoms. The summed E-state index contributed by atoms with van der Waals surface area (Å²) in [6.45, 7) is 1.75. The van der Waals surface area contributed by atoms with E-state index in [1.807, 2.05) is 4.90 Å². The Labute approximate surface area is 96.1 Å². The lowest BCUT2D eigenvalue weighted by Gasteiger charge is -2.32. The van der Waals surface area contributed by atoms with Crippen molar-refractivity contribution in [3.05, 3.63) is 0 Å². The molecular weight excluding hydrogens is 228 g/mol. The Morgan fingerprint density at radius 2 is 1.88 bits per heavy atom. The molecule has 2 heterocycles. The van der Waals surface area contributed by atoms with E-state index in [1.54, 1.807) is 0 Å². The predicted octanol–water partition coefficient (Wildman–Crippen LogP) is -0.614. The van der Waals surface area contributed by atoms with Gasteiger partial charge < -0.3 is 5.32 Å². The van der Waals surface area contributed by atoms with E-state index in [0.717, 1.165) is 25.8 Å². The third kappa shape index (κ3) is 2.74. The number of sulfone groups is 1. The Morgan fingerprint density at radius 1 is 1.19 bits per heavy atom. The third-order valence-corrected chi connectivity index (χ3v) is 4.94. The lowest BCUT2D eigenvalue weighted by Crippen LogP contribution is -2.51. The van der Waals surface area contributed by atoms with Gasteiger partial charge in [-0.3, -0.25) is 9.69 Å². The van der Waals surface area contributed by atoms with E-state index in [-0.39, 0.29) is 23.5 Å². The lowest BCUT2D eigenvalue weighted by molar-refractivity contribution is -0.126. The van der Waals surface area contributed by atoms with Crippen LogP contribution in [0.15, 0.2) is 0 Å². The van der Waals surface area contributed by atoms with Gasteiger partial charge in [0.15, 0.2) is 9.84 Å². The summed E-state index contributed by atoms with van der Waals surface area (Å²) in [6.07, 6.45) is 2.91. The molecule has 1 atom stereocenters. The maximum Gasteiger partial charge on any atom is 0.237 e. The van der Waals surface area contributed by atoms with Crippen LogP contribution in [-0.2, 0) is 14.6 Å². The minimum Gasteiger partial charge on any atom is -0.355 e. The third-order valence-electron chi connectivity index (χ3n) is 3.33. The van der Waals surface area contributed by atoms with E-state index in [9.17, 15) is 13.2 Å². The van der Waals surface area contributed by atoms with Crippen molar-refractivity contribution in [2.24, 2.45) is 0 Å². The molecule has 2 fully saturated rings. The number of rotatable bonds is 1. The first-order chi connectivity index (χ1) is 7.58. The fraction of sp³-hybridized carbons (Fsp3) is 0.900. The molecule has 2 saturated heterocycles. The molecule has 16 heavy (non-hydrogen) atoms. The first kappa shape index (κ1) is 11.9. The van der Waals surface area contributed by atoms with Gasteiger partial charge in [-0.15, -0.1) is 0 Å². The summed E-state index contributed by atoms with van der Waals surface area (Å²) in [4.78, 5) is 13.8. The van der Waals surface area contributed by atoms with Gasteiger partial charge >= 0.3 is 0 Å². The van der Waals surface area contributed by atoms with Crippen molar-refractivity contribution in [1.29, 1.82) is 0 Å². The van der Waals surface area contributed by atoms with Gasteiger partial charge in [0.05, 0.1) is 17.5 Å². The highest BCUT2D eigenvalue weighted by Crippen LogP contribution is 2.15. The highest BCUT2D eigenvalue weighted by atomic mass is 32.2. The van der Waals surface area contributed by atoms with Gasteiger partial charge in [-0.05, 0) is 19.3 Å². The summed E-state index contributed by atoms with van der Waals surface area (Å²) >= 11 is 0. The van der Waals surface area contributed by atoms with Crippen molar-refractivity contribution in [2.45, 2.75) is 25.3 Å². The minimum atomic E-state index is -2.85. The first-order valence-corrected chi connectivity index (χ1v) is 7.63. The summed E-state index contributed by atoms with van der Waals surface area (Å²) < 4.78 is 22.6. The van der Waals surface area contributed by atoms with E-state index in [1.165, 1.54) is 0 Å². The average molecular weight is 246 g/mol. The monoisotopic (exact) mass is 246 g/mol. The first-order valence-electron chi connectivity index (χ1n) is 5.81. The van der Waals surface area contributed by atoms with Crippen molar-refractivity contribution in [1.82, 2.24) is 10.2 Å². The van der Waals surface area contributed by atoms with Gasteiger partial charge in [0.1, 0.15) is 0 Å². The molecular formula is C10H18N2O3S. The SMILES string of the molecule is O=C1NCCCC[C@H]1N1CCS(=O)(=O)CC1. The van der Waals surface area contributed by atoms with Crippen LogP contribution in [0.5, 0.6) is 0 Å². The van der Waals surface area contributed by atoms with Crippen LogP contribution < -0.4 is 5.32 Å². The van der Waals surface area contributed by atoms with Gasteiger partial charge in [0, 0.05) is 19.6 Å². The van der Waals surface area contributed by atoms with Gasteiger partial charge in [0.2, 0.25) is 5.91 Å². The molecule has 2 aliphatic rings. The summed E-state index contributed by atoms with van der Waals surface area (Å²) in [5.74, 6) is 0.449. The van der Waals surface area contributed by atoms with Crippen LogP contribution in [0.2, 0.25) is 0 Å². The zero-order valence-electron chi connectivity index (χ0n) is 9.31. The molecule has 1 amide bonds. The molecule has 0 unspecified atom stereocenters. The van der Waals surface area contributed by atoms with Crippen molar-refractivity contribution >= 4 is 15.7 Å². The fourth-order valence-corrected chi connectivity index (χ4v) is 3.54. The maximum absolute atomic E-state index is 11.8. The molecule has 0 aliphatic carbocycles. The molecule has 0 aromatic heterocycles. The zero-order chi connectivity index (χ0) is 11.6. The summed E-state index contributed by atoms with van der Waals surface area (Å²) in [6, 6.07) is -0.113. The number of nitrogens with zero attached hydrogens (tertiary/aromatic N) is 1. The Hall–Kier alpha value is -0.620. The molecule has 92 valence electrons. The largest absolute Gasteiger partial charge is 0.355 e. The topological polar surface area (TPSA) is 66.5 Å². The van der Waals surface area contributed by atoms with Crippen molar-refractivity contribution < 1.29 is 13.2 Å². The second-order valence-corrected chi connectivity index (χ2v) is 6.79. The molecule has 0 spiro atoms. The fourth-order valence-electron chi connectivity index (χ4n) is 2.31. The van der Waals surface area contributed by atoms with Gasteiger partial charge in [-0.1, -0.05) is 0 Å². The normalized spacial score (nSPS) is 31.8. The van der Waals surface area contributed by atoms with E-state index < -0.39 is 9.84 Å². The van der Waals surface area contributed by atoms with Crippen molar-refractivity contribution in [3.8, 4) is 0 Å². The quantitative estimate of drug-likeness (QED) is 0.670. The van der Waals surface area contributed by atoms with Crippen LogP contribution in [0.3, 0.4) is 0 Å². The second kappa shape index (κ2) is 4.71. The smallest absolute Gasteiger partial charge is 0.237 e. The number of carbonyl (C=O) groups excluding carboxylic acids is 1. The number of hydrogen-bond acceptors (Lipinski definition) is 4. The van der Waals surface area contributed by atoms with Gasteiger partial charge in [0.25, 0.3) is 0 Å². The molecule has 0 aromatic carbocycles. The molecule has 2 aliphatic heterocycles. The highest BCUT2D eigenvalue weighted by Gasteiger charge is 2.31. The van der Waals surface area contributed by atoms with E-state index >= 15 is 0 Å². The lowest BCUT2D eigenvalue weighted by atomic mass is 10.1. The standard InChI is InChI=1S/C10H18N2O3S/c13-10-9(3-1-2-4-11-10)12-5-7-16(14,15)8-6-12/h9H,1-8H2,(H,11,13)/t9-/m1/s1. The maximum atomic E-state index is 11.8. The highest BCUT2D eigenvalue weighted by molar-refractivity contribution is 7.91. The van der Waals surface area contributed by atoms with Gasteiger partial charge in [-0.2, -0.15) is 0 Å². The molecule has 0 radical (unpaired) electrons. The Balaban J connectivity index is 1.99. The van der Waals surface area contributed by atoms with E-state index in [0.29, 0.717) is 13.1 Å². The van der Waals surface area contributed by atoms with Crippen LogP contribution in [0.1, 0.15) is 19.3 Å². The molecule has 5 nitrogen and oxygen atoms in total. The number of carbonyl (C=O) groups is 1. The van der Waals surface area contributed by atoms with Crippen LogP contribution in [-0.4, -0.2) is 56.4 Å². The minimum absolute atomic E-state index is 0.0665. The predicted molar refractivity (Wildman–Crippen MR) is 60.9 cm³/mol. The number of amides is 1. The van der Waals surface area contributed by atoms with E-state index in [4.69, 9.17) is 0 Å². The summed E-state index contributed by atoms with van der Waals surface area (Å²) in [7, 11) is -2.85. The van der Waals surface area contributed by atoms with Crippen LogP contribution >= 0.6 is 0 Å². The molecule has 0 aromatic rings. The Morgan fingerprint density at radius 3 is 2.56 bits per heavy atom. The molecule has 1 N–H and O–H groups in total. The Kier molecular flexibility index (Phi) is 3.49. The van der Waals surface area contributed by atoms with Crippen molar-refractivity contribution in [3.63, 3.8) is 0 Å². The van der Waals surface area contributed by atoms with Crippen molar-refractivity contribution in [2.75, 3.05) is 31.1 Å². The van der Waals surface area contributed by atoms with E-state index in [2.05, 4.69) is 5.32 Å². The molecule has 0 saturated carbocycles. The molecule has 6 heteroatoms. The number of nitrogens with one attached hydrogen (secondary N) is 1. The average Bonchev–Trinajstić information content (AvgIpc) is 2.44. The molecule has 2 rings (SSSR count). The number of hydrogen-bond donors (Lipinski definition) is 1. The van der Waals surface area contributed by atoms with Crippen LogP contribution in [0.4, 0.5) is 0 Å². The zero-order valence-corrected chi connectivity index (χ0v) is 10.1. The van der Waals surface area contributed by atoms with Crippen LogP contribution in [0.25, 0.3) is 0 Å². The Bertz CT molecular complexity index is 352. The summed E-state index contributed by atoms with van der Waals surface area (Å²) in [5.41, 5.74) is 0. The second-order valence-electron chi connectivity index (χ2n) is 4.49.